The number of hydrogen-bond acceptors (Lipinski definition) is 3. The average molecular weight is 314 g/mol. The van der Waals surface area contributed by atoms with E-state index in [2.05, 4.69) is 0 Å². The maximum absolute atomic E-state index is 13.7. The quantitative estimate of drug-likeness (QED) is 0.854. The third-order valence-corrected chi connectivity index (χ3v) is 6.57. The molecule has 0 saturated carbocycles. The highest BCUT2D eigenvalue weighted by molar-refractivity contribution is 7.89. The lowest BCUT2D eigenvalue weighted by molar-refractivity contribution is 0.341. The van der Waals surface area contributed by atoms with E-state index in [4.69, 9.17) is 5.73 Å². The fraction of sp³-hybridized carbons (Fsp3) is 0.600. The van der Waals surface area contributed by atoms with Gasteiger partial charge in [-0.15, -0.1) is 0 Å². The molecule has 1 saturated heterocycles. The summed E-state index contributed by atoms with van der Waals surface area (Å²) in [6, 6.07) is 1.17. The Kier molecular flexibility index (Phi) is 4.58. The van der Waals surface area contributed by atoms with Gasteiger partial charge in [-0.1, -0.05) is 12.8 Å². The van der Waals surface area contributed by atoms with Crippen LogP contribution in [0.25, 0.3) is 0 Å². The Morgan fingerprint density at radius 3 is 2.62 bits per heavy atom. The van der Waals surface area contributed by atoms with Crippen LogP contribution in [0.2, 0.25) is 0 Å². The summed E-state index contributed by atoms with van der Waals surface area (Å²) in [5.74, 6) is -0.562. The molecular weight excluding hydrogens is 291 g/mol. The largest absolute Gasteiger partial charge is 0.396 e. The summed E-state index contributed by atoms with van der Waals surface area (Å²) in [7, 11) is -3.65. The monoisotopic (exact) mass is 314 g/mol. The van der Waals surface area contributed by atoms with Crippen molar-refractivity contribution in [2.75, 3.05) is 12.3 Å². The van der Waals surface area contributed by atoms with Crippen LogP contribution < -0.4 is 5.73 Å². The molecule has 0 amide bonds. The van der Waals surface area contributed by atoms with E-state index >= 15 is 0 Å². The molecule has 1 aliphatic rings. The smallest absolute Gasteiger partial charge is 0.243 e. The van der Waals surface area contributed by atoms with Gasteiger partial charge in [0.1, 0.15) is 5.82 Å². The molecule has 118 valence electrons. The number of aryl methyl sites for hydroxylation is 1. The lowest BCUT2D eigenvalue weighted by Crippen LogP contribution is -2.39. The van der Waals surface area contributed by atoms with Gasteiger partial charge in [0.05, 0.1) is 10.6 Å². The van der Waals surface area contributed by atoms with Crippen molar-refractivity contribution in [2.45, 2.75) is 57.4 Å². The van der Waals surface area contributed by atoms with Gasteiger partial charge < -0.3 is 5.73 Å². The number of sulfonamides is 1. The van der Waals surface area contributed by atoms with Crippen LogP contribution in [-0.4, -0.2) is 25.3 Å². The highest BCUT2D eigenvalue weighted by Crippen LogP contribution is 2.32. The summed E-state index contributed by atoms with van der Waals surface area (Å²) in [5, 5.41) is 0. The second-order valence-electron chi connectivity index (χ2n) is 5.86. The normalized spacial score (nSPS) is 21.2. The van der Waals surface area contributed by atoms with Gasteiger partial charge in [-0.25, -0.2) is 12.8 Å². The predicted octanol–water partition coefficient (Wildman–Crippen LogP) is 2.98. The molecule has 0 bridgehead atoms. The van der Waals surface area contributed by atoms with Gasteiger partial charge in [-0.2, -0.15) is 4.31 Å². The molecule has 0 aliphatic carbocycles. The molecule has 1 unspecified atom stereocenters. The molecule has 21 heavy (non-hydrogen) atoms. The van der Waals surface area contributed by atoms with Gasteiger partial charge in [-0.3, -0.25) is 0 Å². The van der Waals surface area contributed by atoms with E-state index in [1.165, 1.54) is 6.07 Å². The van der Waals surface area contributed by atoms with Crippen LogP contribution in [0.3, 0.4) is 0 Å². The second kappa shape index (κ2) is 5.93. The fourth-order valence-corrected chi connectivity index (χ4v) is 5.20. The van der Waals surface area contributed by atoms with Crippen molar-refractivity contribution in [1.29, 1.82) is 0 Å². The van der Waals surface area contributed by atoms with Crippen molar-refractivity contribution in [1.82, 2.24) is 4.31 Å². The predicted molar refractivity (Wildman–Crippen MR) is 82.1 cm³/mol. The molecule has 1 fully saturated rings. The fourth-order valence-electron chi connectivity index (χ4n) is 3.05. The van der Waals surface area contributed by atoms with Gasteiger partial charge in [0.2, 0.25) is 10.0 Å². The summed E-state index contributed by atoms with van der Waals surface area (Å²) in [5.41, 5.74) is 6.33. The topological polar surface area (TPSA) is 63.4 Å². The maximum Gasteiger partial charge on any atom is 0.243 e. The van der Waals surface area contributed by atoms with Gasteiger partial charge >= 0.3 is 0 Å². The Labute approximate surface area is 126 Å². The van der Waals surface area contributed by atoms with E-state index in [0.29, 0.717) is 17.7 Å². The molecule has 1 aromatic carbocycles. The van der Waals surface area contributed by atoms with Crippen LogP contribution >= 0.6 is 0 Å². The Morgan fingerprint density at radius 2 is 1.95 bits per heavy atom. The first-order valence-electron chi connectivity index (χ1n) is 7.34. The molecule has 0 aromatic heterocycles. The van der Waals surface area contributed by atoms with Crippen molar-refractivity contribution < 1.29 is 12.8 Å². The van der Waals surface area contributed by atoms with Crippen molar-refractivity contribution in [2.24, 2.45) is 0 Å². The van der Waals surface area contributed by atoms with E-state index in [9.17, 15) is 12.8 Å². The van der Waals surface area contributed by atoms with Crippen molar-refractivity contribution in [3.63, 3.8) is 0 Å². The van der Waals surface area contributed by atoms with Crippen molar-refractivity contribution in [3.05, 3.63) is 23.0 Å². The third kappa shape index (κ3) is 2.92. The molecular formula is C15H23FN2O2S. The highest BCUT2D eigenvalue weighted by atomic mass is 32.2. The van der Waals surface area contributed by atoms with E-state index in [0.717, 1.165) is 25.7 Å². The number of nitrogens with zero attached hydrogens (tertiary/aromatic N) is 1. The van der Waals surface area contributed by atoms with E-state index in [-0.39, 0.29) is 16.6 Å². The molecule has 4 nitrogen and oxygen atoms in total. The number of hydrogen-bond donors (Lipinski definition) is 1. The maximum atomic E-state index is 13.7. The number of nitrogens with two attached hydrogens (primary N) is 1. The third-order valence-electron chi connectivity index (χ3n) is 4.26. The van der Waals surface area contributed by atoms with E-state index in [1.54, 1.807) is 18.2 Å². The summed E-state index contributed by atoms with van der Waals surface area (Å²) in [6.07, 6.45) is 3.79. The van der Waals surface area contributed by atoms with Crippen LogP contribution in [-0.2, 0) is 10.0 Å². The standard InChI is InChI=1S/C15H23FN2O2S/c1-10-9-13(16)14(17)12(3)15(10)21(19,20)18-8-6-4-5-7-11(18)2/h9,11H,4-8,17H2,1-3H3. The molecule has 1 aliphatic heterocycles. The molecule has 1 atom stereocenters. The Balaban J connectivity index is 2.56. The zero-order valence-corrected chi connectivity index (χ0v) is 13.6. The van der Waals surface area contributed by atoms with Crippen LogP contribution in [0.15, 0.2) is 11.0 Å². The van der Waals surface area contributed by atoms with Crippen LogP contribution in [0.5, 0.6) is 0 Å². The van der Waals surface area contributed by atoms with Gasteiger partial charge in [0.15, 0.2) is 0 Å². The summed E-state index contributed by atoms with van der Waals surface area (Å²) < 4.78 is 41.2. The molecule has 1 aromatic rings. The first kappa shape index (κ1) is 16.2. The Morgan fingerprint density at radius 1 is 1.29 bits per heavy atom. The Bertz CT molecular complexity index is 644. The average Bonchev–Trinajstić information content (AvgIpc) is 2.60. The van der Waals surface area contributed by atoms with Gasteiger partial charge in [-0.05, 0) is 50.8 Å². The lowest BCUT2D eigenvalue weighted by Gasteiger charge is -2.28. The van der Waals surface area contributed by atoms with Crippen molar-refractivity contribution >= 4 is 15.7 Å². The highest BCUT2D eigenvalue weighted by Gasteiger charge is 2.33. The van der Waals surface area contributed by atoms with E-state index < -0.39 is 15.8 Å². The number of nitrogen functional groups attached to an aromatic ring is 1. The Hall–Kier alpha value is -1.14. The number of anilines is 1. The number of halogens is 1. The first-order chi connectivity index (χ1) is 9.76. The molecule has 0 spiro atoms. The summed E-state index contributed by atoms with van der Waals surface area (Å²) in [4.78, 5) is 0.162. The van der Waals surface area contributed by atoms with Gasteiger partial charge in [0, 0.05) is 12.6 Å². The second-order valence-corrected chi connectivity index (χ2v) is 7.68. The van der Waals surface area contributed by atoms with Crippen LogP contribution in [0.1, 0.15) is 43.7 Å². The SMILES string of the molecule is Cc1cc(F)c(N)c(C)c1S(=O)(=O)N1CCCCCC1C. The molecule has 6 heteroatoms. The van der Waals surface area contributed by atoms with Crippen LogP contribution in [0.4, 0.5) is 10.1 Å². The number of rotatable bonds is 2. The minimum Gasteiger partial charge on any atom is -0.396 e. The minimum absolute atomic E-state index is 0.0393. The zero-order valence-electron chi connectivity index (χ0n) is 12.8. The first-order valence-corrected chi connectivity index (χ1v) is 8.78. The molecule has 0 radical (unpaired) electrons. The molecule has 2 rings (SSSR count). The summed E-state index contributed by atoms with van der Waals surface area (Å²) >= 11 is 0. The van der Waals surface area contributed by atoms with Crippen molar-refractivity contribution in [3.8, 4) is 0 Å². The molecule has 2 N–H and O–H groups in total. The van der Waals surface area contributed by atoms with Gasteiger partial charge in [0.25, 0.3) is 0 Å². The number of benzene rings is 1. The van der Waals surface area contributed by atoms with Crippen LogP contribution in [0, 0.1) is 19.7 Å². The minimum atomic E-state index is -3.65. The molecule has 1 heterocycles. The summed E-state index contributed by atoms with van der Waals surface area (Å²) in [6.45, 7) is 5.63. The zero-order chi connectivity index (χ0) is 15.8. The van der Waals surface area contributed by atoms with E-state index in [1.807, 2.05) is 6.92 Å². The lowest BCUT2D eigenvalue weighted by atomic mass is 10.1.